The van der Waals surface area contributed by atoms with Gasteiger partial charge >= 0.3 is 0 Å². The predicted octanol–water partition coefficient (Wildman–Crippen LogP) is 2.40. The number of benzene rings is 1. The molecule has 0 aliphatic rings. The van der Waals surface area contributed by atoms with Crippen molar-refractivity contribution in [3.05, 3.63) is 53.1 Å². The summed E-state index contributed by atoms with van der Waals surface area (Å²) in [5, 5.41) is 14.5. The molecule has 0 radical (unpaired) electrons. The Balaban J connectivity index is 2.21. The Kier molecular flexibility index (Phi) is 3.77. The van der Waals surface area contributed by atoms with E-state index in [9.17, 15) is 9.50 Å². The van der Waals surface area contributed by atoms with Gasteiger partial charge in [0.1, 0.15) is 5.82 Å². The summed E-state index contributed by atoms with van der Waals surface area (Å²) in [7, 11) is 1.82. The fourth-order valence-electron chi connectivity index (χ4n) is 2.09. The first-order chi connectivity index (χ1) is 8.61. The highest BCUT2D eigenvalue weighted by Gasteiger charge is 2.17. The van der Waals surface area contributed by atoms with Gasteiger partial charge in [-0.15, -0.1) is 0 Å². The van der Waals surface area contributed by atoms with E-state index in [1.54, 1.807) is 29.1 Å². The zero-order valence-corrected chi connectivity index (χ0v) is 10.6. The summed E-state index contributed by atoms with van der Waals surface area (Å²) in [6, 6.07) is 6.52. The van der Waals surface area contributed by atoms with Crippen molar-refractivity contribution >= 4 is 0 Å². The number of rotatable bonds is 4. The van der Waals surface area contributed by atoms with Gasteiger partial charge in [-0.2, -0.15) is 5.10 Å². The highest BCUT2D eigenvalue weighted by Crippen LogP contribution is 2.22. The Morgan fingerprint density at radius 2 is 2.11 bits per heavy atom. The molecule has 0 amide bonds. The molecule has 3 nitrogen and oxygen atoms in total. The standard InChI is InChI=1S/C14H17FN2O/c1-3-13-11(9-17(2)16-13)14(18)8-10-6-4-5-7-12(10)15/h4-7,9,14,18H,3,8H2,1-2H3. The van der Waals surface area contributed by atoms with Crippen molar-refractivity contribution in [2.24, 2.45) is 7.05 Å². The predicted molar refractivity (Wildman–Crippen MR) is 67.6 cm³/mol. The van der Waals surface area contributed by atoms with E-state index >= 15 is 0 Å². The minimum Gasteiger partial charge on any atom is -0.388 e. The Labute approximate surface area is 106 Å². The minimum absolute atomic E-state index is 0.269. The van der Waals surface area contributed by atoms with E-state index in [0.29, 0.717) is 5.56 Å². The Morgan fingerprint density at radius 1 is 1.39 bits per heavy atom. The summed E-state index contributed by atoms with van der Waals surface area (Å²) in [5.41, 5.74) is 2.17. The fraction of sp³-hybridized carbons (Fsp3) is 0.357. The fourth-order valence-corrected chi connectivity index (χ4v) is 2.09. The molecule has 0 fully saturated rings. The summed E-state index contributed by atoms with van der Waals surface area (Å²) < 4.78 is 15.2. The van der Waals surface area contributed by atoms with Gasteiger partial charge in [-0.05, 0) is 18.1 Å². The molecule has 1 aromatic carbocycles. The van der Waals surface area contributed by atoms with E-state index < -0.39 is 6.10 Å². The maximum absolute atomic E-state index is 13.5. The Hall–Kier alpha value is -1.68. The van der Waals surface area contributed by atoms with Crippen LogP contribution in [0.15, 0.2) is 30.5 Å². The van der Waals surface area contributed by atoms with E-state index in [4.69, 9.17) is 0 Å². The van der Waals surface area contributed by atoms with Crippen LogP contribution in [0.25, 0.3) is 0 Å². The monoisotopic (exact) mass is 248 g/mol. The molecule has 0 saturated carbocycles. The van der Waals surface area contributed by atoms with Gasteiger partial charge in [0, 0.05) is 25.2 Å². The van der Waals surface area contributed by atoms with E-state index in [1.165, 1.54) is 6.07 Å². The molecule has 1 heterocycles. The van der Waals surface area contributed by atoms with Gasteiger partial charge in [-0.1, -0.05) is 25.1 Å². The van der Waals surface area contributed by atoms with Gasteiger partial charge in [0.2, 0.25) is 0 Å². The summed E-state index contributed by atoms with van der Waals surface area (Å²) in [6.07, 6.45) is 2.10. The molecule has 0 bridgehead atoms. The van der Waals surface area contributed by atoms with Crippen LogP contribution in [0, 0.1) is 5.82 Å². The number of aromatic nitrogens is 2. The normalized spacial score (nSPS) is 12.7. The van der Waals surface area contributed by atoms with Gasteiger partial charge in [0.15, 0.2) is 0 Å². The number of hydrogen-bond donors (Lipinski definition) is 1. The highest BCUT2D eigenvalue weighted by molar-refractivity contribution is 5.24. The molecule has 1 unspecified atom stereocenters. The third-order valence-electron chi connectivity index (χ3n) is 3.00. The zero-order valence-electron chi connectivity index (χ0n) is 10.6. The van der Waals surface area contributed by atoms with Crippen LogP contribution >= 0.6 is 0 Å². The molecule has 4 heteroatoms. The summed E-state index contributed by atoms with van der Waals surface area (Å²) in [5.74, 6) is -0.279. The number of halogens is 1. The molecule has 0 aliphatic heterocycles. The minimum atomic E-state index is -0.717. The smallest absolute Gasteiger partial charge is 0.126 e. The molecule has 1 N–H and O–H groups in total. The number of aliphatic hydroxyl groups is 1. The van der Waals surface area contributed by atoms with Crippen molar-refractivity contribution in [3.8, 4) is 0 Å². The zero-order chi connectivity index (χ0) is 13.1. The van der Waals surface area contributed by atoms with Crippen LogP contribution < -0.4 is 0 Å². The number of aryl methyl sites for hydroxylation is 2. The number of hydrogen-bond acceptors (Lipinski definition) is 2. The second kappa shape index (κ2) is 5.31. The van der Waals surface area contributed by atoms with Gasteiger partial charge in [0.25, 0.3) is 0 Å². The van der Waals surface area contributed by atoms with Crippen molar-refractivity contribution in [1.82, 2.24) is 9.78 Å². The van der Waals surface area contributed by atoms with E-state index in [1.807, 2.05) is 14.0 Å². The lowest BCUT2D eigenvalue weighted by Gasteiger charge is -2.10. The van der Waals surface area contributed by atoms with Crippen LogP contribution in [0.5, 0.6) is 0 Å². The number of nitrogens with zero attached hydrogens (tertiary/aromatic N) is 2. The van der Waals surface area contributed by atoms with Gasteiger partial charge < -0.3 is 5.11 Å². The average molecular weight is 248 g/mol. The van der Waals surface area contributed by atoms with Crippen molar-refractivity contribution < 1.29 is 9.50 Å². The van der Waals surface area contributed by atoms with E-state index in [0.717, 1.165) is 17.7 Å². The Bertz CT molecular complexity index is 536. The van der Waals surface area contributed by atoms with Crippen molar-refractivity contribution in [2.75, 3.05) is 0 Å². The van der Waals surface area contributed by atoms with E-state index in [-0.39, 0.29) is 12.2 Å². The summed E-state index contributed by atoms with van der Waals surface area (Å²) in [4.78, 5) is 0. The molecule has 2 aromatic rings. The van der Waals surface area contributed by atoms with Crippen molar-refractivity contribution in [3.63, 3.8) is 0 Å². The third kappa shape index (κ3) is 2.59. The molecule has 0 aliphatic carbocycles. The lowest BCUT2D eigenvalue weighted by molar-refractivity contribution is 0.176. The summed E-state index contributed by atoms with van der Waals surface area (Å²) >= 11 is 0. The average Bonchev–Trinajstić information content (AvgIpc) is 2.73. The molecule has 0 saturated heterocycles. The van der Waals surface area contributed by atoms with Crippen LogP contribution in [0.3, 0.4) is 0 Å². The lowest BCUT2D eigenvalue weighted by Crippen LogP contribution is -2.05. The van der Waals surface area contributed by atoms with Gasteiger partial charge in [0.05, 0.1) is 11.8 Å². The molecule has 1 aromatic heterocycles. The second-order valence-corrected chi connectivity index (χ2v) is 4.37. The van der Waals surface area contributed by atoms with Gasteiger partial charge in [-0.3, -0.25) is 4.68 Å². The summed E-state index contributed by atoms with van der Waals surface area (Å²) in [6.45, 7) is 1.99. The van der Waals surface area contributed by atoms with Crippen LogP contribution in [-0.2, 0) is 19.9 Å². The molecular formula is C14H17FN2O. The molecule has 2 rings (SSSR count). The molecule has 96 valence electrons. The van der Waals surface area contributed by atoms with Crippen LogP contribution in [0.1, 0.15) is 29.8 Å². The first-order valence-corrected chi connectivity index (χ1v) is 6.05. The molecule has 1 atom stereocenters. The lowest BCUT2D eigenvalue weighted by atomic mass is 10.0. The number of aliphatic hydroxyl groups excluding tert-OH is 1. The Morgan fingerprint density at radius 3 is 2.78 bits per heavy atom. The third-order valence-corrected chi connectivity index (χ3v) is 3.00. The van der Waals surface area contributed by atoms with Crippen LogP contribution in [-0.4, -0.2) is 14.9 Å². The van der Waals surface area contributed by atoms with E-state index in [2.05, 4.69) is 5.10 Å². The molecule has 0 spiro atoms. The molecular weight excluding hydrogens is 231 g/mol. The van der Waals surface area contributed by atoms with Gasteiger partial charge in [-0.25, -0.2) is 4.39 Å². The first-order valence-electron chi connectivity index (χ1n) is 6.05. The van der Waals surface area contributed by atoms with Crippen LogP contribution in [0.4, 0.5) is 4.39 Å². The van der Waals surface area contributed by atoms with Crippen molar-refractivity contribution in [1.29, 1.82) is 0 Å². The van der Waals surface area contributed by atoms with Crippen LogP contribution in [0.2, 0.25) is 0 Å². The maximum Gasteiger partial charge on any atom is 0.126 e. The maximum atomic E-state index is 13.5. The SMILES string of the molecule is CCc1nn(C)cc1C(O)Cc1ccccc1F. The molecule has 18 heavy (non-hydrogen) atoms. The second-order valence-electron chi connectivity index (χ2n) is 4.37. The topological polar surface area (TPSA) is 38.0 Å². The van der Waals surface area contributed by atoms with Crippen molar-refractivity contribution in [2.45, 2.75) is 25.9 Å². The highest BCUT2D eigenvalue weighted by atomic mass is 19.1. The first kappa shape index (κ1) is 12.8. The quantitative estimate of drug-likeness (QED) is 0.902. The largest absolute Gasteiger partial charge is 0.388 e.